The monoisotopic (exact) mass is 217 g/mol. The van der Waals surface area contributed by atoms with E-state index in [1.807, 2.05) is 18.0 Å². The van der Waals surface area contributed by atoms with Crippen LogP contribution in [0.15, 0.2) is 45.9 Å². The maximum Gasteiger partial charge on any atom is 0.0462 e. The molecule has 1 aliphatic rings. The summed E-state index contributed by atoms with van der Waals surface area (Å²) in [4.78, 5) is 5.70. The molecule has 1 aromatic carbocycles. The smallest absolute Gasteiger partial charge is 0.0462 e. The van der Waals surface area contributed by atoms with Crippen molar-refractivity contribution in [1.82, 2.24) is 0 Å². The first-order valence-corrected chi connectivity index (χ1v) is 6.24. The first-order valence-electron chi connectivity index (χ1n) is 5.25. The van der Waals surface area contributed by atoms with Crippen molar-refractivity contribution in [2.45, 2.75) is 24.7 Å². The lowest BCUT2D eigenvalue weighted by atomic mass is 10.2. The lowest BCUT2D eigenvalue weighted by Gasteiger charge is -2.06. The van der Waals surface area contributed by atoms with Gasteiger partial charge in [-0.2, -0.15) is 0 Å². The predicted octanol–water partition coefficient (Wildman–Crippen LogP) is 3.84. The van der Waals surface area contributed by atoms with E-state index in [9.17, 15) is 0 Å². The van der Waals surface area contributed by atoms with Gasteiger partial charge in [0.15, 0.2) is 0 Å². The summed E-state index contributed by atoms with van der Waals surface area (Å²) in [5, 5.41) is 0. The highest BCUT2D eigenvalue weighted by molar-refractivity contribution is 7.99. The molecule has 0 atom stereocenters. The van der Waals surface area contributed by atoms with Crippen molar-refractivity contribution in [2.75, 3.05) is 5.75 Å². The highest BCUT2D eigenvalue weighted by Gasteiger charge is 2.00. The molecule has 1 aliphatic heterocycles. The SMILES string of the molecule is Cc1ccc(SCC2=CCCC=N2)cc1. The zero-order valence-electron chi connectivity index (χ0n) is 8.94. The Bertz CT molecular complexity index is 376. The number of allylic oxidation sites excluding steroid dienone is 1. The Morgan fingerprint density at radius 2 is 2.00 bits per heavy atom. The van der Waals surface area contributed by atoms with Crippen molar-refractivity contribution < 1.29 is 0 Å². The summed E-state index contributed by atoms with van der Waals surface area (Å²) in [6, 6.07) is 8.65. The minimum Gasteiger partial charge on any atom is -0.265 e. The minimum absolute atomic E-state index is 0.986. The van der Waals surface area contributed by atoms with Crippen LogP contribution in [0.5, 0.6) is 0 Å². The van der Waals surface area contributed by atoms with Gasteiger partial charge in [-0.1, -0.05) is 23.8 Å². The van der Waals surface area contributed by atoms with E-state index >= 15 is 0 Å². The highest BCUT2D eigenvalue weighted by atomic mass is 32.2. The molecule has 0 fully saturated rings. The summed E-state index contributed by atoms with van der Waals surface area (Å²) in [7, 11) is 0. The second-order valence-electron chi connectivity index (χ2n) is 3.69. The molecule has 0 amide bonds. The number of hydrogen-bond donors (Lipinski definition) is 0. The number of aryl methyl sites for hydroxylation is 1. The number of rotatable bonds is 3. The molecule has 0 N–H and O–H groups in total. The first-order chi connectivity index (χ1) is 7.34. The molecule has 0 unspecified atom stereocenters. The summed E-state index contributed by atoms with van der Waals surface area (Å²) in [6.45, 7) is 2.11. The van der Waals surface area contributed by atoms with Gasteiger partial charge in [-0.3, -0.25) is 4.99 Å². The number of benzene rings is 1. The molecule has 0 spiro atoms. The summed E-state index contributed by atoms with van der Waals surface area (Å²) in [6.07, 6.45) is 6.50. The molecule has 0 radical (unpaired) electrons. The van der Waals surface area contributed by atoms with Gasteiger partial charge in [0.2, 0.25) is 0 Å². The Hall–Kier alpha value is -1.02. The van der Waals surface area contributed by atoms with Gasteiger partial charge < -0.3 is 0 Å². The Labute approximate surface area is 95.3 Å². The van der Waals surface area contributed by atoms with Crippen LogP contribution in [0.1, 0.15) is 18.4 Å². The standard InChI is InChI=1S/C13H15NS/c1-11-5-7-13(8-6-11)15-10-12-4-2-3-9-14-12/h4-9H,2-3,10H2,1H3. The summed E-state index contributed by atoms with van der Waals surface area (Å²) < 4.78 is 0. The largest absolute Gasteiger partial charge is 0.265 e. The van der Waals surface area contributed by atoms with Crippen LogP contribution in [0.4, 0.5) is 0 Å². The van der Waals surface area contributed by atoms with Crippen molar-refractivity contribution >= 4 is 18.0 Å². The third-order valence-corrected chi connectivity index (χ3v) is 3.39. The highest BCUT2D eigenvalue weighted by Crippen LogP contribution is 2.22. The van der Waals surface area contributed by atoms with E-state index in [0.29, 0.717) is 0 Å². The zero-order valence-corrected chi connectivity index (χ0v) is 9.76. The maximum atomic E-state index is 4.38. The Kier molecular flexibility index (Phi) is 3.62. The van der Waals surface area contributed by atoms with Crippen molar-refractivity contribution in [3.8, 4) is 0 Å². The molecule has 2 heteroatoms. The van der Waals surface area contributed by atoms with E-state index in [0.717, 1.165) is 18.6 Å². The average Bonchev–Trinajstić information content (AvgIpc) is 2.30. The predicted molar refractivity (Wildman–Crippen MR) is 67.7 cm³/mol. The van der Waals surface area contributed by atoms with E-state index in [1.54, 1.807) is 0 Å². The quantitative estimate of drug-likeness (QED) is 0.701. The molecule has 1 aromatic rings. The van der Waals surface area contributed by atoms with E-state index in [-0.39, 0.29) is 0 Å². The van der Waals surface area contributed by atoms with Gasteiger partial charge >= 0.3 is 0 Å². The molecule has 1 nitrogen and oxygen atoms in total. The van der Waals surface area contributed by atoms with Crippen molar-refractivity contribution in [1.29, 1.82) is 0 Å². The molecule has 2 rings (SSSR count). The molecule has 0 aliphatic carbocycles. The lowest BCUT2D eigenvalue weighted by Crippen LogP contribution is -1.91. The van der Waals surface area contributed by atoms with Crippen LogP contribution < -0.4 is 0 Å². The van der Waals surface area contributed by atoms with Crippen molar-refractivity contribution in [2.24, 2.45) is 4.99 Å². The summed E-state index contributed by atoms with van der Waals surface area (Å²) in [5.74, 6) is 0.986. The second-order valence-corrected chi connectivity index (χ2v) is 4.73. The number of thioether (sulfide) groups is 1. The topological polar surface area (TPSA) is 12.4 Å². The van der Waals surface area contributed by atoms with E-state index in [1.165, 1.54) is 16.2 Å². The van der Waals surface area contributed by atoms with Gasteiger partial charge in [0.1, 0.15) is 0 Å². The van der Waals surface area contributed by atoms with Crippen LogP contribution in [0.25, 0.3) is 0 Å². The molecule has 0 aromatic heterocycles. The fourth-order valence-electron chi connectivity index (χ4n) is 1.45. The normalized spacial score (nSPS) is 15.1. The van der Waals surface area contributed by atoms with Gasteiger partial charge in [0.05, 0.1) is 0 Å². The van der Waals surface area contributed by atoms with Crippen LogP contribution in [0.2, 0.25) is 0 Å². The Morgan fingerprint density at radius 1 is 1.20 bits per heavy atom. The summed E-state index contributed by atoms with van der Waals surface area (Å²) >= 11 is 1.85. The fourth-order valence-corrected chi connectivity index (χ4v) is 2.28. The average molecular weight is 217 g/mol. The second kappa shape index (κ2) is 5.17. The lowest BCUT2D eigenvalue weighted by molar-refractivity contribution is 1.05. The fraction of sp³-hybridized carbons (Fsp3) is 0.308. The van der Waals surface area contributed by atoms with Crippen molar-refractivity contribution in [3.05, 3.63) is 41.6 Å². The molecule has 78 valence electrons. The molecular weight excluding hydrogens is 202 g/mol. The molecule has 15 heavy (non-hydrogen) atoms. The summed E-state index contributed by atoms with van der Waals surface area (Å²) in [5.41, 5.74) is 2.53. The Morgan fingerprint density at radius 3 is 2.67 bits per heavy atom. The molecule has 0 bridgehead atoms. The number of aliphatic imine (C=N–C) groups is 1. The number of nitrogens with zero attached hydrogens (tertiary/aromatic N) is 1. The first kappa shape index (κ1) is 10.5. The molecule has 0 saturated carbocycles. The van der Waals surface area contributed by atoms with Crippen LogP contribution in [-0.2, 0) is 0 Å². The van der Waals surface area contributed by atoms with Crippen LogP contribution in [-0.4, -0.2) is 12.0 Å². The van der Waals surface area contributed by atoms with Crippen LogP contribution in [0, 0.1) is 6.92 Å². The maximum absolute atomic E-state index is 4.38. The van der Waals surface area contributed by atoms with Crippen molar-refractivity contribution in [3.63, 3.8) is 0 Å². The third-order valence-electron chi connectivity index (χ3n) is 2.34. The van der Waals surface area contributed by atoms with E-state index in [4.69, 9.17) is 0 Å². The van der Waals surface area contributed by atoms with Gasteiger partial charge in [-0.25, -0.2) is 0 Å². The molecular formula is C13H15NS. The van der Waals surface area contributed by atoms with Gasteiger partial charge in [-0.05, 0) is 31.9 Å². The zero-order chi connectivity index (χ0) is 10.5. The van der Waals surface area contributed by atoms with E-state index in [2.05, 4.69) is 42.3 Å². The van der Waals surface area contributed by atoms with Gasteiger partial charge in [0, 0.05) is 22.6 Å². The Balaban J connectivity index is 1.90. The molecule has 1 heterocycles. The van der Waals surface area contributed by atoms with Gasteiger partial charge in [0.25, 0.3) is 0 Å². The van der Waals surface area contributed by atoms with E-state index < -0.39 is 0 Å². The van der Waals surface area contributed by atoms with Crippen LogP contribution >= 0.6 is 11.8 Å². The van der Waals surface area contributed by atoms with Gasteiger partial charge in [-0.15, -0.1) is 11.8 Å². The number of hydrogen-bond acceptors (Lipinski definition) is 2. The minimum atomic E-state index is 0.986. The molecule has 0 saturated heterocycles. The third kappa shape index (κ3) is 3.24. The van der Waals surface area contributed by atoms with Crippen LogP contribution in [0.3, 0.4) is 0 Å².